The molecule has 1 aliphatic rings. The number of nitrogens with one attached hydrogen (secondary N) is 1. The van der Waals surface area contributed by atoms with Crippen LogP contribution in [0, 0.1) is 13.8 Å². The standard InChI is InChI=1S/C18H17ClN4OS/c1-10-15(19)16(12-3-4-12)23(22-10)14-7-5-13(6-8-14)21-18(24)17-11(2)20-9-25-17/h5-9,12H,3-4H2,1-2H3,(H,21,24). The Labute approximate surface area is 154 Å². The highest BCUT2D eigenvalue weighted by Gasteiger charge is 2.31. The third-order valence-corrected chi connectivity index (χ3v) is 5.70. The number of amides is 1. The maximum absolute atomic E-state index is 12.3. The van der Waals surface area contributed by atoms with E-state index in [4.69, 9.17) is 11.6 Å². The van der Waals surface area contributed by atoms with E-state index in [1.165, 1.54) is 11.3 Å². The van der Waals surface area contributed by atoms with E-state index < -0.39 is 0 Å². The van der Waals surface area contributed by atoms with Crippen molar-refractivity contribution in [3.63, 3.8) is 0 Å². The number of hydrogen-bond donors (Lipinski definition) is 1. The van der Waals surface area contributed by atoms with Crippen molar-refractivity contribution in [2.45, 2.75) is 32.6 Å². The molecule has 0 atom stereocenters. The summed E-state index contributed by atoms with van der Waals surface area (Å²) in [5, 5.41) is 8.25. The maximum atomic E-state index is 12.3. The molecule has 5 nitrogen and oxygen atoms in total. The number of anilines is 1. The number of rotatable bonds is 4. The Morgan fingerprint density at radius 3 is 2.56 bits per heavy atom. The number of aryl methyl sites for hydroxylation is 2. The Bertz CT molecular complexity index is 941. The maximum Gasteiger partial charge on any atom is 0.267 e. The fraction of sp³-hybridized carbons (Fsp3) is 0.278. The molecule has 7 heteroatoms. The highest BCUT2D eigenvalue weighted by atomic mass is 35.5. The van der Waals surface area contributed by atoms with Crippen molar-refractivity contribution in [2.75, 3.05) is 5.32 Å². The van der Waals surface area contributed by atoms with Crippen LogP contribution in [-0.2, 0) is 0 Å². The van der Waals surface area contributed by atoms with E-state index in [0.717, 1.165) is 46.3 Å². The second-order valence-corrected chi connectivity index (χ2v) is 7.47. The molecule has 1 aromatic carbocycles. The topological polar surface area (TPSA) is 59.8 Å². The third kappa shape index (κ3) is 3.07. The van der Waals surface area contributed by atoms with Crippen molar-refractivity contribution >= 4 is 34.5 Å². The molecule has 0 spiro atoms. The molecule has 1 amide bonds. The molecule has 128 valence electrons. The number of halogens is 1. The Morgan fingerprint density at radius 2 is 1.96 bits per heavy atom. The lowest BCUT2D eigenvalue weighted by Crippen LogP contribution is -2.11. The zero-order chi connectivity index (χ0) is 17.6. The second kappa shape index (κ2) is 6.28. The van der Waals surface area contributed by atoms with Crippen LogP contribution in [0.3, 0.4) is 0 Å². The van der Waals surface area contributed by atoms with E-state index >= 15 is 0 Å². The van der Waals surface area contributed by atoms with Crippen LogP contribution in [0.1, 0.15) is 45.5 Å². The van der Waals surface area contributed by atoms with Gasteiger partial charge in [0.1, 0.15) is 4.88 Å². The predicted molar refractivity (Wildman–Crippen MR) is 100 cm³/mol. The third-order valence-electron chi connectivity index (χ3n) is 4.31. The zero-order valence-electron chi connectivity index (χ0n) is 13.9. The van der Waals surface area contributed by atoms with Crippen molar-refractivity contribution < 1.29 is 4.79 Å². The lowest BCUT2D eigenvalue weighted by Gasteiger charge is -2.09. The molecule has 25 heavy (non-hydrogen) atoms. The number of thiazole rings is 1. The largest absolute Gasteiger partial charge is 0.321 e. The summed E-state index contributed by atoms with van der Waals surface area (Å²) in [5.74, 6) is 0.367. The lowest BCUT2D eigenvalue weighted by molar-refractivity contribution is 0.103. The molecule has 0 aliphatic heterocycles. The number of carbonyl (C=O) groups excluding carboxylic acids is 1. The monoisotopic (exact) mass is 372 g/mol. The molecule has 2 aromatic heterocycles. The average Bonchev–Trinajstić information content (AvgIpc) is 3.27. The lowest BCUT2D eigenvalue weighted by atomic mass is 10.2. The minimum atomic E-state index is -0.135. The molecule has 2 heterocycles. The van der Waals surface area contributed by atoms with Gasteiger partial charge in [-0.1, -0.05) is 11.6 Å². The predicted octanol–water partition coefficient (Wildman–Crippen LogP) is 4.73. The normalized spacial score (nSPS) is 13.9. The zero-order valence-corrected chi connectivity index (χ0v) is 15.5. The second-order valence-electron chi connectivity index (χ2n) is 6.24. The van der Waals surface area contributed by atoms with Crippen molar-refractivity contribution in [1.82, 2.24) is 14.8 Å². The van der Waals surface area contributed by atoms with Crippen LogP contribution in [0.15, 0.2) is 29.8 Å². The van der Waals surface area contributed by atoms with Gasteiger partial charge in [0.05, 0.1) is 33.3 Å². The first-order valence-electron chi connectivity index (χ1n) is 8.11. The number of carbonyl (C=O) groups is 1. The van der Waals surface area contributed by atoms with Gasteiger partial charge in [0.25, 0.3) is 5.91 Å². The molecule has 1 N–H and O–H groups in total. The summed E-state index contributed by atoms with van der Waals surface area (Å²) >= 11 is 7.77. The van der Waals surface area contributed by atoms with Gasteiger partial charge in [-0.15, -0.1) is 11.3 Å². The van der Waals surface area contributed by atoms with Crippen LogP contribution in [0.2, 0.25) is 5.02 Å². The van der Waals surface area contributed by atoms with Crippen molar-refractivity contribution in [3.05, 3.63) is 56.8 Å². The molecule has 0 radical (unpaired) electrons. The number of aromatic nitrogens is 3. The molecule has 0 saturated heterocycles. The molecule has 1 saturated carbocycles. The quantitative estimate of drug-likeness (QED) is 0.720. The van der Waals surface area contributed by atoms with Gasteiger partial charge in [-0.3, -0.25) is 4.79 Å². The molecule has 0 bridgehead atoms. The highest BCUT2D eigenvalue weighted by Crippen LogP contribution is 2.44. The highest BCUT2D eigenvalue weighted by molar-refractivity contribution is 7.12. The van der Waals surface area contributed by atoms with Gasteiger partial charge >= 0.3 is 0 Å². The summed E-state index contributed by atoms with van der Waals surface area (Å²) in [7, 11) is 0. The summed E-state index contributed by atoms with van der Waals surface area (Å²) in [6, 6.07) is 7.66. The van der Waals surface area contributed by atoms with E-state index in [1.807, 2.05) is 42.8 Å². The number of nitrogens with zero attached hydrogens (tertiary/aromatic N) is 3. The molecule has 3 aromatic rings. The summed E-state index contributed by atoms with van der Waals surface area (Å²) in [6.45, 7) is 3.76. The van der Waals surface area contributed by atoms with E-state index in [-0.39, 0.29) is 5.91 Å². The summed E-state index contributed by atoms with van der Waals surface area (Å²) < 4.78 is 1.92. The van der Waals surface area contributed by atoms with E-state index in [2.05, 4.69) is 15.4 Å². The number of benzene rings is 1. The van der Waals surface area contributed by atoms with Gasteiger partial charge < -0.3 is 5.32 Å². The molecular formula is C18H17ClN4OS. The van der Waals surface area contributed by atoms with Gasteiger partial charge in [0.2, 0.25) is 0 Å². The first-order valence-corrected chi connectivity index (χ1v) is 9.37. The van der Waals surface area contributed by atoms with Gasteiger partial charge in [0.15, 0.2) is 0 Å². The van der Waals surface area contributed by atoms with Crippen molar-refractivity contribution in [1.29, 1.82) is 0 Å². The SMILES string of the molecule is Cc1ncsc1C(=O)Nc1ccc(-n2nc(C)c(Cl)c2C2CC2)cc1. The summed E-state index contributed by atoms with van der Waals surface area (Å²) in [6.07, 6.45) is 2.32. The van der Waals surface area contributed by atoms with Gasteiger partial charge in [-0.25, -0.2) is 9.67 Å². The fourth-order valence-electron chi connectivity index (χ4n) is 2.83. The average molecular weight is 373 g/mol. The van der Waals surface area contributed by atoms with Crippen molar-refractivity contribution in [3.8, 4) is 5.69 Å². The minimum absolute atomic E-state index is 0.135. The van der Waals surface area contributed by atoms with E-state index in [0.29, 0.717) is 10.8 Å². The van der Waals surface area contributed by atoms with Crippen LogP contribution in [0.5, 0.6) is 0 Å². The molecule has 4 rings (SSSR count). The molecule has 1 fully saturated rings. The van der Waals surface area contributed by atoms with Gasteiger partial charge in [-0.2, -0.15) is 5.10 Å². The molecular weight excluding hydrogens is 356 g/mol. The van der Waals surface area contributed by atoms with E-state index in [1.54, 1.807) is 5.51 Å². The number of hydrogen-bond acceptors (Lipinski definition) is 4. The van der Waals surface area contributed by atoms with Crippen LogP contribution in [-0.4, -0.2) is 20.7 Å². The Hall–Kier alpha value is -2.18. The van der Waals surface area contributed by atoms with Crippen LogP contribution >= 0.6 is 22.9 Å². The fourth-order valence-corrected chi connectivity index (χ4v) is 3.80. The van der Waals surface area contributed by atoms with Gasteiger partial charge in [-0.05, 0) is 51.0 Å². The molecule has 0 unspecified atom stereocenters. The summed E-state index contributed by atoms with van der Waals surface area (Å²) in [5.41, 5.74) is 6.05. The summed E-state index contributed by atoms with van der Waals surface area (Å²) in [4.78, 5) is 17.0. The van der Waals surface area contributed by atoms with Gasteiger partial charge in [0, 0.05) is 11.6 Å². The first-order chi connectivity index (χ1) is 12.0. The Kier molecular flexibility index (Phi) is 4.09. The Morgan fingerprint density at radius 1 is 1.24 bits per heavy atom. The van der Waals surface area contributed by atoms with Crippen LogP contribution in [0.4, 0.5) is 5.69 Å². The smallest absolute Gasteiger partial charge is 0.267 e. The minimum Gasteiger partial charge on any atom is -0.321 e. The van der Waals surface area contributed by atoms with E-state index in [9.17, 15) is 4.79 Å². The first kappa shape index (κ1) is 16.3. The van der Waals surface area contributed by atoms with Crippen molar-refractivity contribution in [2.24, 2.45) is 0 Å². The molecule has 1 aliphatic carbocycles. The van der Waals surface area contributed by atoms with Crippen LogP contribution < -0.4 is 5.32 Å². The van der Waals surface area contributed by atoms with Crippen LogP contribution in [0.25, 0.3) is 5.69 Å². The Balaban J connectivity index is 1.58.